The molecule has 0 aliphatic heterocycles. The Morgan fingerprint density at radius 2 is 1.62 bits per heavy atom. The summed E-state index contributed by atoms with van der Waals surface area (Å²) in [5.74, 6) is 0.605. The maximum atomic E-state index is 11.3. The minimum absolute atomic E-state index is 0. The molecule has 0 fully saturated rings. The Morgan fingerprint density at radius 1 is 0.923 bits per heavy atom. The average molecular weight is 401 g/mol. The molecule has 0 aliphatic carbocycles. The molecule has 0 N–H and O–H groups in total. The normalized spacial score (nSPS) is 11.0. The molecule has 0 saturated carbocycles. The molecule has 0 aliphatic rings. The van der Waals surface area contributed by atoms with Crippen LogP contribution in [0.2, 0.25) is 0 Å². The van der Waals surface area contributed by atoms with Gasteiger partial charge in [0.05, 0.1) is 4.90 Å². The molecule has 0 heterocycles. The molecule has 136 valence electrons. The Balaban J connectivity index is 0.00000338. The van der Waals surface area contributed by atoms with E-state index in [0.717, 1.165) is 18.4 Å². The number of unbranched alkanes of at least 4 members (excludes halogenated alkanes) is 5. The summed E-state index contributed by atoms with van der Waals surface area (Å²) in [6, 6.07) is 13.5. The van der Waals surface area contributed by atoms with Crippen LogP contribution in [0.25, 0.3) is 0 Å². The summed E-state index contributed by atoms with van der Waals surface area (Å²) >= 11 is 0. The SMILES string of the molecule is CCCCCCCCc1cccc(Oc2ccccc2S(=O)(=O)[O-])c1.[K+]. The maximum absolute atomic E-state index is 11.3. The van der Waals surface area contributed by atoms with E-state index in [1.54, 1.807) is 12.1 Å². The molecule has 0 bridgehead atoms. The first kappa shape index (κ1) is 23.8. The first-order chi connectivity index (χ1) is 12.0. The molecule has 2 aromatic carbocycles. The van der Waals surface area contributed by atoms with Gasteiger partial charge in [0, 0.05) is 0 Å². The number of aryl methyl sites for hydroxylation is 1. The van der Waals surface area contributed by atoms with Gasteiger partial charge in [-0.3, -0.25) is 0 Å². The largest absolute Gasteiger partial charge is 1.00 e. The van der Waals surface area contributed by atoms with Gasteiger partial charge >= 0.3 is 51.4 Å². The van der Waals surface area contributed by atoms with Gasteiger partial charge in [0.15, 0.2) is 0 Å². The van der Waals surface area contributed by atoms with Crippen LogP contribution in [0.3, 0.4) is 0 Å². The Bertz CT molecular complexity index is 775. The van der Waals surface area contributed by atoms with Crippen LogP contribution in [0.5, 0.6) is 11.5 Å². The molecular weight excluding hydrogens is 375 g/mol. The summed E-state index contributed by atoms with van der Waals surface area (Å²) in [5.41, 5.74) is 1.15. The van der Waals surface area contributed by atoms with E-state index in [1.165, 1.54) is 50.3 Å². The van der Waals surface area contributed by atoms with Crippen LogP contribution in [-0.4, -0.2) is 13.0 Å². The Labute approximate surface area is 199 Å². The van der Waals surface area contributed by atoms with E-state index >= 15 is 0 Å². The van der Waals surface area contributed by atoms with Gasteiger partial charge in [-0.05, 0) is 42.7 Å². The van der Waals surface area contributed by atoms with E-state index in [9.17, 15) is 13.0 Å². The minimum atomic E-state index is -4.56. The Morgan fingerprint density at radius 3 is 2.35 bits per heavy atom. The second-order valence-corrected chi connectivity index (χ2v) is 7.52. The summed E-state index contributed by atoms with van der Waals surface area (Å²) < 4.78 is 39.6. The summed E-state index contributed by atoms with van der Waals surface area (Å²) in [6.45, 7) is 2.21. The van der Waals surface area contributed by atoms with Crippen LogP contribution in [0.4, 0.5) is 0 Å². The van der Waals surface area contributed by atoms with Gasteiger partial charge in [-0.15, -0.1) is 0 Å². The number of benzene rings is 2. The zero-order chi connectivity index (χ0) is 18.1. The maximum Gasteiger partial charge on any atom is 1.00 e. The number of rotatable bonds is 10. The van der Waals surface area contributed by atoms with Crippen LogP contribution in [-0.2, 0) is 16.5 Å². The molecule has 0 amide bonds. The van der Waals surface area contributed by atoms with E-state index in [4.69, 9.17) is 4.74 Å². The van der Waals surface area contributed by atoms with Gasteiger partial charge < -0.3 is 9.29 Å². The Kier molecular flexibility index (Phi) is 11.3. The van der Waals surface area contributed by atoms with Crippen LogP contribution in [0.15, 0.2) is 53.4 Å². The first-order valence-corrected chi connectivity index (χ1v) is 10.2. The number of para-hydroxylation sites is 1. The fourth-order valence-electron chi connectivity index (χ4n) is 2.74. The third-order valence-electron chi connectivity index (χ3n) is 4.06. The van der Waals surface area contributed by atoms with Gasteiger partial charge in [0.2, 0.25) is 0 Å². The van der Waals surface area contributed by atoms with Gasteiger partial charge in [-0.25, -0.2) is 8.42 Å². The fourth-order valence-corrected chi connectivity index (χ4v) is 3.34. The summed E-state index contributed by atoms with van der Waals surface area (Å²) in [7, 11) is -4.56. The van der Waals surface area contributed by atoms with Crippen LogP contribution < -0.4 is 56.1 Å². The molecule has 0 aromatic heterocycles. The molecule has 0 radical (unpaired) electrons. The van der Waals surface area contributed by atoms with Crippen molar-refractivity contribution in [1.82, 2.24) is 0 Å². The van der Waals surface area contributed by atoms with E-state index in [2.05, 4.69) is 6.92 Å². The Hall–Kier alpha value is -0.214. The van der Waals surface area contributed by atoms with E-state index in [0.29, 0.717) is 5.75 Å². The minimum Gasteiger partial charge on any atom is -0.744 e. The monoisotopic (exact) mass is 400 g/mol. The van der Waals surface area contributed by atoms with Gasteiger partial charge in [-0.1, -0.05) is 63.3 Å². The molecule has 4 nitrogen and oxygen atoms in total. The second-order valence-electron chi connectivity index (χ2n) is 6.17. The van der Waals surface area contributed by atoms with Crippen molar-refractivity contribution < 1.29 is 69.1 Å². The van der Waals surface area contributed by atoms with E-state index in [1.807, 2.05) is 18.2 Å². The molecular formula is C20H25KO4S. The first-order valence-electron chi connectivity index (χ1n) is 8.82. The number of ether oxygens (including phenoxy) is 1. The van der Waals surface area contributed by atoms with Crippen molar-refractivity contribution in [3.63, 3.8) is 0 Å². The van der Waals surface area contributed by atoms with Gasteiger partial charge in [0.25, 0.3) is 0 Å². The third-order valence-corrected chi connectivity index (χ3v) is 4.94. The predicted molar refractivity (Wildman–Crippen MR) is 98.0 cm³/mol. The standard InChI is InChI=1S/C20H26O4S.K/c1-2-3-4-5-6-7-11-17-12-10-13-18(16-17)24-19-14-8-9-15-20(19)25(21,22)23;/h8-10,12-16H,2-7,11H2,1H3,(H,21,22,23);/q;+1/p-1. The third kappa shape index (κ3) is 8.21. The number of hydrogen-bond acceptors (Lipinski definition) is 4. The predicted octanol–water partition coefficient (Wildman–Crippen LogP) is 2.29. The van der Waals surface area contributed by atoms with Crippen LogP contribution in [0.1, 0.15) is 51.0 Å². The average Bonchev–Trinajstić information content (AvgIpc) is 2.58. The van der Waals surface area contributed by atoms with Crippen molar-refractivity contribution in [2.75, 3.05) is 0 Å². The van der Waals surface area contributed by atoms with Gasteiger partial charge in [-0.2, -0.15) is 0 Å². The molecule has 0 unspecified atom stereocenters. The zero-order valence-electron chi connectivity index (χ0n) is 15.6. The van der Waals surface area contributed by atoms with Crippen molar-refractivity contribution in [3.8, 4) is 11.5 Å². The second kappa shape index (κ2) is 12.3. The quantitative estimate of drug-likeness (QED) is 0.349. The number of hydrogen-bond donors (Lipinski definition) is 0. The van der Waals surface area contributed by atoms with Crippen molar-refractivity contribution in [3.05, 3.63) is 54.1 Å². The van der Waals surface area contributed by atoms with Crippen LogP contribution >= 0.6 is 0 Å². The van der Waals surface area contributed by atoms with E-state index < -0.39 is 10.1 Å². The van der Waals surface area contributed by atoms with Crippen molar-refractivity contribution in [2.24, 2.45) is 0 Å². The zero-order valence-corrected chi connectivity index (χ0v) is 19.5. The smallest absolute Gasteiger partial charge is 0.744 e. The van der Waals surface area contributed by atoms with Crippen molar-refractivity contribution in [2.45, 2.75) is 56.8 Å². The molecule has 26 heavy (non-hydrogen) atoms. The van der Waals surface area contributed by atoms with Gasteiger partial charge in [0.1, 0.15) is 21.6 Å². The summed E-state index contributed by atoms with van der Waals surface area (Å²) in [4.78, 5) is -0.337. The molecule has 0 atom stereocenters. The fraction of sp³-hybridized carbons (Fsp3) is 0.400. The summed E-state index contributed by atoms with van der Waals surface area (Å²) in [5, 5.41) is 0. The molecule has 6 heteroatoms. The molecule has 2 rings (SSSR count). The summed E-state index contributed by atoms with van der Waals surface area (Å²) in [6.07, 6.45) is 8.40. The molecule has 0 spiro atoms. The van der Waals surface area contributed by atoms with Crippen LogP contribution in [0, 0.1) is 0 Å². The van der Waals surface area contributed by atoms with Crippen molar-refractivity contribution >= 4 is 10.1 Å². The molecule has 2 aromatic rings. The molecule has 0 saturated heterocycles. The topological polar surface area (TPSA) is 66.4 Å². The van der Waals surface area contributed by atoms with E-state index in [-0.39, 0.29) is 62.0 Å². The van der Waals surface area contributed by atoms with Crippen molar-refractivity contribution in [1.29, 1.82) is 0 Å².